The highest BCUT2D eigenvalue weighted by Crippen LogP contribution is 2.25. The third-order valence-electron chi connectivity index (χ3n) is 3.69. The maximum absolute atomic E-state index is 13.6. The molecule has 0 spiro atoms. The van der Waals surface area contributed by atoms with Crippen LogP contribution in [0.4, 0.5) is 20.2 Å². The highest BCUT2D eigenvalue weighted by atomic mass is 32.2. The van der Waals surface area contributed by atoms with E-state index in [1.807, 2.05) is 0 Å². The minimum Gasteiger partial charge on any atom is -0.322 e. The molecule has 0 aliphatic carbocycles. The number of hydrogen-bond acceptors (Lipinski definition) is 3. The quantitative estimate of drug-likeness (QED) is 0.924. The lowest BCUT2D eigenvalue weighted by Gasteiger charge is -2.17. The van der Waals surface area contributed by atoms with Gasteiger partial charge in [0.15, 0.2) is 0 Å². The number of anilines is 2. The average Bonchev–Trinajstić information content (AvgIpc) is 2.87. The second kappa shape index (κ2) is 6.20. The van der Waals surface area contributed by atoms with Gasteiger partial charge >= 0.3 is 0 Å². The van der Waals surface area contributed by atoms with Crippen molar-refractivity contribution >= 4 is 27.3 Å². The van der Waals surface area contributed by atoms with Crippen LogP contribution in [0.2, 0.25) is 0 Å². The van der Waals surface area contributed by atoms with Crippen molar-refractivity contribution in [3.05, 3.63) is 59.7 Å². The van der Waals surface area contributed by atoms with E-state index in [0.717, 1.165) is 12.1 Å². The summed E-state index contributed by atoms with van der Waals surface area (Å²) in [6.07, 6.45) is 0.574. The number of nitrogens with zero attached hydrogens (tertiary/aromatic N) is 1. The molecular weight excluding hydrogens is 338 g/mol. The number of amides is 1. The molecule has 0 unspecified atom stereocenters. The van der Waals surface area contributed by atoms with Crippen LogP contribution in [0.25, 0.3) is 0 Å². The monoisotopic (exact) mass is 352 g/mol. The number of hydrogen-bond donors (Lipinski definition) is 1. The van der Waals surface area contributed by atoms with Crippen molar-refractivity contribution in [3.63, 3.8) is 0 Å². The number of benzene rings is 2. The molecule has 1 heterocycles. The summed E-state index contributed by atoms with van der Waals surface area (Å²) in [6, 6.07) is 8.89. The first-order valence-corrected chi connectivity index (χ1v) is 8.85. The van der Waals surface area contributed by atoms with Crippen molar-refractivity contribution in [3.8, 4) is 0 Å². The van der Waals surface area contributed by atoms with Crippen LogP contribution in [-0.4, -0.2) is 26.6 Å². The van der Waals surface area contributed by atoms with Gasteiger partial charge in [0.1, 0.15) is 11.6 Å². The highest BCUT2D eigenvalue weighted by Gasteiger charge is 2.28. The van der Waals surface area contributed by atoms with Crippen molar-refractivity contribution < 1.29 is 22.0 Å². The standard InChI is InChI=1S/C16H14F2N2O3S/c17-11-2-7-14(15(18)10-11)16(21)19-12-3-5-13(6-4-12)20-8-1-9-24(20,22)23/h2-7,10H,1,8-9H2,(H,19,21). The van der Waals surface area contributed by atoms with Gasteiger partial charge in [0.05, 0.1) is 17.0 Å². The molecule has 0 radical (unpaired) electrons. The summed E-state index contributed by atoms with van der Waals surface area (Å²) in [6.45, 7) is 0.425. The highest BCUT2D eigenvalue weighted by molar-refractivity contribution is 7.93. The fourth-order valence-corrected chi connectivity index (χ4v) is 4.08. The maximum atomic E-state index is 13.6. The van der Waals surface area contributed by atoms with E-state index in [2.05, 4.69) is 5.32 Å². The SMILES string of the molecule is O=C(Nc1ccc(N2CCCS2(=O)=O)cc1)c1ccc(F)cc1F. The Morgan fingerprint density at radius 3 is 2.38 bits per heavy atom. The molecule has 1 amide bonds. The fraction of sp³-hybridized carbons (Fsp3) is 0.188. The molecule has 1 fully saturated rings. The summed E-state index contributed by atoms with van der Waals surface area (Å²) in [5.41, 5.74) is 0.616. The third kappa shape index (κ3) is 3.23. The minimum atomic E-state index is -3.27. The van der Waals surface area contributed by atoms with E-state index < -0.39 is 27.6 Å². The second-order valence-electron chi connectivity index (χ2n) is 5.37. The van der Waals surface area contributed by atoms with Gasteiger partial charge in [0.2, 0.25) is 10.0 Å². The molecule has 0 saturated carbocycles. The average molecular weight is 352 g/mol. The summed E-state index contributed by atoms with van der Waals surface area (Å²) < 4.78 is 51.5. The zero-order chi connectivity index (χ0) is 17.3. The zero-order valence-corrected chi connectivity index (χ0v) is 13.3. The molecule has 2 aromatic rings. The normalized spacial score (nSPS) is 16.2. The van der Waals surface area contributed by atoms with E-state index >= 15 is 0 Å². The number of rotatable bonds is 3. The van der Waals surface area contributed by atoms with Gasteiger partial charge in [-0.15, -0.1) is 0 Å². The van der Waals surface area contributed by atoms with Crippen LogP contribution < -0.4 is 9.62 Å². The predicted octanol–water partition coefficient (Wildman–Crippen LogP) is 2.76. The zero-order valence-electron chi connectivity index (χ0n) is 12.5. The Labute approximate surface area is 138 Å². The van der Waals surface area contributed by atoms with Gasteiger partial charge in [0, 0.05) is 18.3 Å². The van der Waals surface area contributed by atoms with Gasteiger partial charge in [-0.1, -0.05) is 0 Å². The lowest BCUT2D eigenvalue weighted by molar-refractivity contribution is 0.102. The summed E-state index contributed by atoms with van der Waals surface area (Å²) in [5, 5.41) is 2.49. The van der Waals surface area contributed by atoms with Crippen LogP contribution in [0, 0.1) is 11.6 Å². The Bertz CT molecular complexity index is 883. The van der Waals surface area contributed by atoms with Crippen molar-refractivity contribution in [1.29, 1.82) is 0 Å². The van der Waals surface area contributed by atoms with E-state index in [1.54, 1.807) is 12.1 Å². The van der Waals surface area contributed by atoms with Gasteiger partial charge in [-0.25, -0.2) is 17.2 Å². The van der Waals surface area contributed by atoms with Gasteiger partial charge in [0.25, 0.3) is 5.91 Å². The summed E-state index contributed by atoms with van der Waals surface area (Å²) in [5.74, 6) is -2.31. The molecule has 8 heteroatoms. The molecule has 0 aromatic heterocycles. The smallest absolute Gasteiger partial charge is 0.258 e. The van der Waals surface area contributed by atoms with Crippen molar-refractivity contribution in [1.82, 2.24) is 0 Å². The first-order valence-electron chi connectivity index (χ1n) is 7.24. The number of halogens is 2. The van der Waals surface area contributed by atoms with E-state index in [-0.39, 0.29) is 11.3 Å². The Hall–Kier alpha value is -2.48. The molecule has 2 aromatic carbocycles. The summed E-state index contributed by atoms with van der Waals surface area (Å²) in [7, 11) is -3.27. The van der Waals surface area contributed by atoms with Gasteiger partial charge in [-0.05, 0) is 42.8 Å². The molecule has 1 aliphatic rings. The molecule has 1 aliphatic heterocycles. The van der Waals surface area contributed by atoms with Crippen LogP contribution in [0.1, 0.15) is 16.8 Å². The van der Waals surface area contributed by atoms with Crippen LogP contribution >= 0.6 is 0 Å². The molecule has 1 saturated heterocycles. The number of nitrogens with one attached hydrogen (secondary N) is 1. The Kier molecular flexibility index (Phi) is 4.23. The summed E-state index contributed by atoms with van der Waals surface area (Å²) >= 11 is 0. The molecule has 5 nitrogen and oxygen atoms in total. The lowest BCUT2D eigenvalue weighted by atomic mass is 10.2. The summed E-state index contributed by atoms with van der Waals surface area (Å²) in [4.78, 5) is 12.0. The van der Waals surface area contributed by atoms with Crippen LogP contribution in [0.5, 0.6) is 0 Å². The van der Waals surface area contributed by atoms with Crippen molar-refractivity contribution in [2.45, 2.75) is 6.42 Å². The van der Waals surface area contributed by atoms with E-state index in [1.165, 1.54) is 16.4 Å². The van der Waals surface area contributed by atoms with Crippen LogP contribution in [0.15, 0.2) is 42.5 Å². The largest absolute Gasteiger partial charge is 0.322 e. The van der Waals surface area contributed by atoms with Gasteiger partial charge < -0.3 is 5.32 Å². The molecule has 126 valence electrons. The lowest BCUT2D eigenvalue weighted by Crippen LogP contribution is -2.25. The van der Waals surface area contributed by atoms with E-state index in [0.29, 0.717) is 30.4 Å². The molecule has 1 N–H and O–H groups in total. The Morgan fingerprint density at radius 1 is 1.08 bits per heavy atom. The fourth-order valence-electron chi connectivity index (χ4n) is 2.51. The first kappa shape index (κ1) is 16.4. The molecule has 3 rings (SSSR count). The predicted molar refractivity (Wildman–Crippen MR) is 86.5 cm³/mol. The second-order valence-corrected chi connectivity index (χ2v) is 7.38. The Balaban J connectivity index is 1.76. The van der Waals surface area contributed by atoms with E-state index in [4.69, 9.17) is 0 Å². The number of carbonyl (C=O) groups excluding carboxylic acids is 1. The molecule has 0 bridgehead atoms. The van der Waals surface area contributed by atoms with Crippen molar-refractivity contribution in [2.24, 2.45) is 0 Å². The topological polar surface area (TPSA) is 66.5 Å². The number of sulfonamides is 1. The van der Waals surface area contributed by atoms with Crippen molar-refractivity contribution in [2.75, 3.05) is 21.9 Å². The van der Waals surface area contributed by atoms with Crippen LogP contribution in [-0.2, 0) is 10.0 Å². The van der Waals surface area contributed by atoms with Gasteiger partial charge in [-0.2, -0.15) is 0 Å². The maximum Gasteiger partial charge on any atom is 0.258 e. The number of carbonyl (C=O) groups is 1. The molecule has 0 atom stereocenters. The van der Waals surface area contributed by atoms with Crippen LogP contribution in [0.3, 0.4) is 0 Å². The minimum absolute atomic E-state index is 0.120. The third-order valence-corrected chi connectivity index (χ3v) is 5.56. The van der Waals surface area contributed by atoms with Gasteiger partial charge in [-0.3, -0.25) is 9.10 Å². The molecular formula is C16H14F2N2O3S. The Morgan fingerprint density at radius 2 is 1.79 bits per heavy atom. The molecule has 24 heavy (non-hydrogen) atoms. The first-order chi connectivity index (χ1) is 11.4. The van der Waals surface area contributed by atoms with E-state index in [9.17, 15) is 22.0 Å².